The van der Waals surface area contributed by atoms with Gasteiger partial charge >= 0.3 is 0 Å². The molecule has 0 bridgehead atoms. The van der Waals surface area contributed by atoms with E-state index in [-0.39, 0.29) is 5.54 Å². The fourth-order valence-electron chi connectivity index (χ4n) is 4.49. The van der Waals surface area contributed by atoms with Crippen LogP contribution in [0.25, 0.3) is 0 Å². The molecule has 0 spiro atoms. The minimum atomic E-state index is 0.257. The third kappa shape index (κ3) is 5.62. The van der Waals surface area contributed by atoms with E-state index in [1.165, 1.54) is 63.8 Å². The zero-order valence-electron chi connectivity index (χ0n) is 17.5. The maximum absolute atomic E-state index is 6.27. The molecule has 0 unspecified atom stereocenters. The third-order valence-corrected chi connectivity index (χ3v) is 6.77. The SMILES string of the molecule is CN=C(NCCc1ccccc1Cl)NCC1(N2CCCCC2)CCN(C)CC1. The van der Waals surface area contributed by atoms with Crippen LogP contribution in [0.1, 0.15) is 37.7 Å². The van der Waals surface area contributed by atoms with Crippen molar-refractivity contribution in [3.63, 3.8) is 0 Å². The molecule has 2 aliphatic heterocycles. The highest BCUT2D eigenvalue weighted by molar-refractivity contribution is 6.31. The van der Waals surface area contributed by atoms with Crippen LogP contribution < -0.4 is 10.6 Å². The van der Waals surface area contributed by atoms with Crippen molar-refractivity contribution in [2.75, 3.05) is 53.4 Å². The molecule has 0 saturated carbocycles. The molecule has 1 aromatic carbocycles. The maximum atomic E-state index is 6.27. The summed E-state index contributed by atoms with van der Waals surface area (Å²) in [5, 5.41) is 7.94. The molecule has 156 valence electrons. The average molecular weight is 406 g/mol. The number of halogens is 1. The lowest BCUT2D eigenvalue weighted by Gasteiger charge is -2.50. The van der Waals surface area contributed by atoms with Crippen LogP contribution in [-0.2, 0) is 6.42 Å². The van der Waals surface area contributed by atoms with Crippen LogP contribution in [0.5, 0.6) is 0 Å². The van der Waals surface area contributed by atoms with Gasteiger partial charge in [-0.15, -0.1) is 0 Å². The Kier molecular flexibility index (Phi) is 8.00. The van der Waals surface area contributed by atoms with Crippen molar-refractivity contribution in [3.05, 3.63) is 34.9 Å². The van der Waals surface area contributed by atoms with Crippen molar-refractivity contribution in [1.29, 1.82) is 0 Å². The van der Waals surface area contributed by atoms with Crippen LogP contribution in [0.15, 0.2) is 29.3 Å². The number of benzene rings is 1. The van der Waals surface area contributed by atoms with Gasteiger partial charge in [0.15, 0.2) is 5.96 Å². The van der Waals surface area contributed by atoms with Gasteiger partial charge in [0.25, 0.3) is 0 Å². The first-order chi connectivity index (χ1) is 13.6. The van der Waals surface area contributed by atoms with Crippen LogP contribution in [0.2, 0.25) is 5.02 Å². The zero-order valence-corrected chi connectivity index (χ0v) is 18.3. The van der Waals surface area contributed by atoms with Crippen LogP contribution in [0.3, 0.4) is 0 Å². The van der Waals surface area contributed by atoms with Crippen molar-refractivity contribution in [3.8, 4) is 0 Å². The smallest absolute Gasteiger partial charge is 0.191 e. The van der Waals surface area contributed by atoms with Crippen LogP contribution in [0.4, 0.5) is 0 Å². The Hall–Kier alpha value is -1.30. The molecule has 0 atom stereocenters. The summed E-state index contributed by atoms with van der Waals surface area (Å²) in [6, 6.07) is 8.05. The second kappa shape index (κ2) is 10.5. The van der Waals surface area contributed by atoms with Gasteiger partial charge in [0.2, 0.25) is 0 Å². The Bertz CT molecular complexity index is 634. The fraction of sp³-hybridized carbons (Fsp3) is 0.682. The number of likely N-dealkylation sites (tertiary alicyclic amines) is 2. The van der Waals surface area contributed by atoms with Crippen molar-refractivity contribution >= 4 is 17.6 Å². The summed E-state index contributed by atoms with van der Waals surface area (Å²) in [5.41, 5.74) is 1.43. The highest BCUT2D eigenvalue weighted by Gasteiger charge is 2.39. The summed E-state index contributed by atoms with van der Waals surface area (Å²) in [6.07, 6.45) is 7.40. The Morgan fingerprint density at radius 2 is 1.79 bits per heavy atom. The van der Waals surface area contributed by atoms with Gasteiger partial charge in [0, 0.05) is 30.7 Å². The van der Waals surface area contributed by atoms with Gasteiger partial charge < -0.3 is 15.5 Å². The van der Waals surface area contributed by atoms with E-state index in [1.54, 1.807) is 0 Å². The van der Waals surface area contributed by atoms with E-state index in [1.807, 2.05) is 25.2 Å². The predicted octanol–water partition coefficient (Wildman–Crippen LogP) is 3.00. The number of guanidine groups is 1. The molecule has 2 N–H and O–H groups in total. The molecular formula is C22H36ClN5. The number of nitrogens with zero attached hydrogens (tertiary/aromatic N) is 3. The molecule has 0 radical (unpaired) electrons. The first kappa shape index (κ1) is 21.4. The Balaban J connectivity index is 1.54. The summed E-state index contributed by atoms with van der Waals surface area (Å²) in [6.45, 7) is 6.62. The monoisotopic (exact) mass is 405 g/mol. The first-order valence-electron chi connectivity index (χ1n) is 10.7. The van der Waals surface area contributed by atoms with Gasteiger partial charge in [-0.1, -0.05) is 36.2 Å². The van der Waals surface area contributed by atoms with Crippen LogP contribution in [0, 0.1) is 0 Å². The summed E-state index contributed by atoms with van der Waals surface area (Å²) < 4.78 is 0. The molecule has 0 aromatic heterocycles. The lowest BCUT2D eigenvalue weighted by Crippen LogP contribution is -2.62. The fourth-order valence-corrected chi connectivity index (χ4v) is 4.72. The number of piperidine rings is 2. The van der Waals surface area contributed by atoms with E-state index in [9.17, 15) is 0 Å². The molecule has 2 fully saturated rings. The molecule has 3 rings (SSSR count). The standard InChI is InChI=1S/C22H36ClN5/c1-24-21(25-13-10-19-8-4-5-9-20(19)23)26-18-22(11-16-27(2)17-12-22)28-14-6-3-7-15-28/h4-5,8-9H,3,6-7,10-18H2,1-2H3,(H2,24,25,26). The molecule has 2 aliphatic rings. The van der Waals surface area contributed by atoms with Crippen molar-refractivity contribution in [1.82, 2.24) is 20.4 Å². The van der Waals surface area contributed by atoms with E-state index in [0.29, 0.717) is 0 Å². The average Bonchev–Trinajstić information content (AvgIpc) is 2.74. The molecule has 0 amide bonds. The van der Waals surface area contributed by atoms with Crippen molar-refractivity contribution in [2.24, 2.45) is 4.99 Å². The molecule has 2 heterocycles. The Labute approximate surface area is 175 Å². The largest absolute Gasteiger partial charge is 0.356 e. The third-order valence-electron chi connectivity index (χ3n) is 6.40. The van der Waals surface area contributed by atoms with Gasteiger partial charge in [0.05, 0.1) is 0 Å². The van der Waals surface area contributed by atoms with Gasteiger partial charge in [-0.25, -0.2) is 0 Å². The number of nitrogens with one attached hydrogen (secondary N) is 2. The molecule has 28 heavy (non-hydrogen) atoms. The molecule has 0 aliphatic carbocycles. The molecular weight excluding hydrogens is 370 g/mol. The minimum absolute atomic E-state index is 0.257. The molecule has 5 nitrogen and oxygen atoms in total. The molecule has 1 aromatic rings. The van der Waals surface area contributed by atoms with E-state index < -0.39 is 0 Å². The van der Waals surface area contributed by atoms with Crippen molar-refractivity contribution < 1.29 is 0 Å². The number of aliphatic imine (C=N–C) groups is 1. The quantitative estimate of drug-likeness (QED) is 0.564. The van der Waals surface area contributed by atoms with Gasteiger partial charge in [-0.2, -0.15) is 0 Å². The van der Waals surface area contributed by atoms with E-state index in [2.05, 4.69) is 38.5 Å². The normalized spacial score (nSPS) is 21.5. The summed E-state index contributed by atoms with van der Waals surface area (Å²) >= 11 is 6.27. The highest BCUT2D eigenvalue weighted by atomic mass is 35.5. The topological polar surface area (TPSA) is 42.9 Å². The Morgan fingerprint density at radius 1 is 1.07 bits per heavy atom. The molecule has 2 saturated heterocycles. The molecule has 6 heteroatoms. The van der Waals surface area contributed by atoms with Gasteiger partial charge in [-0.05, 0) is 77.0 Å². The second-order valence-electron chi connectivity index (χ2n) is 8.27. The van der Waals surface area contributed by atoms with Gasteiger partial charge in [0.1, 0.15) is 0 Å². The summed E-state index contributed by atoms with van der Waals surface area (Å²) in [5.74, 6) is 0.891. The lowest BCUT2D eigenvalue weighted by atomic mass is 9.84. The predicted molar refractivity (Wildman–Crippen MR) is 119 cm³/mol. The van der Waals surface area contributed by atoms with Crippen molar-refractivity contribution in [2.45, 2.75) is 44.1 Å². The summed E-state index contributed by atoms with van der Waals surface area (Å²) in [7, 11) is 4.09. The van der Waals surface area contributed by atoms with E-state index in [4.69, 9.17) is 11.6 Å². The van der Waals surface area contributed by atoms with Crippen LogP contribution in [-0.4, -0.2) is 74.7 Å². The van der Waals surface area contributed by atoms with Crippen LogP contribution >= 0.6 is 11.6 Å². The van der Waals surface area contributed by atoms with E-state index in [0.717, 1.165) is 30.5 Å². The lowest BCUT2D eigenvalue weighted by molar-refractivity contribution is 0.0173. The Morgan fingerprint density at radius 3 is 2.46 bits per heavy atom. The second-order valence-corrected chi connectivity index (χ2v) is 8.68. The number of hydrogen-bond acceptors (Lipinski definition) is 3. The summed E-state index contributed by atoms with van der Waals surface area (Å²) in [4.78, 5) is 9.66. The zero-order chi connectivity index (χ0) is 19.8. The van der Waals surface area contributed by atoms with Gasteiger partial charge in [-0.3, -0.25) is 9.89 Å². The number of rotatable bonds is 6. The number of hydrogen-bond donors (Lipinski definition) is 2. The maximum Gasteiger partial charge on any atom is 0.191 e. The minimum Gasteiger partial charge on any atom is -0.356 e. The van der Waals surface area contributed by atoms with E-state index >= 15 is 0 Å². The highest BCUT2D eigenvalue weighted by Crippen LogP contribution is 2.30. The first-order valence-corrected chi connectivity index (χ1v) is 11.1.